The molecule has 22 nitrogen and oxygen atoms in total. The van der Waals surface area contributed by atoms with Crippen LogP contribution in [-0.2, 0) is 53.2 Å². The van der Waals surface area contributed by atoms with E-state index in [1.807, 2.05) is 33.9 Å². The second-order valence-electron chi connectivity index (χ2n) is 17.3. The monoisotopic (exact) mass is 996 g/mol. The Morgan fingerprint density at radius 2 is 1.63 bits per heavy atom. The molecular weight excluding hydrogens is 950 g/mol. The second kappa shape index (κ2) is 18.0. The van der Waals surface area contributed by atoms with Gasteiger partial charge < -0.3 is 28.6 Å². The fraction of sp³-hybridized carbons (Fsp3) is 0.514. The topological polar surface area (TPSA) is 267 Å². The van der Waals surface area contributed by atoms with Crippen LogP contribution < -0.4 is 16.2 Å². The summed E-state index contributed by atoms with van der Waals surface area (Å²) in [6, 6.07) is 8.40. The number of aromatic amines is 1. The quantitative estimate of drug-likeness (QED) is 0.0740. The molecule has 4 aromatic heterocycles. The zero-order valence-corrected chi connectivity index (χ0v) is 40.4. The van der Waals surface area contributed by atoms with Gasteiger partial charge in [0.1, 0.15) is 36.8 Å². The standard InChI is InChI=1S/C37H47FN10O12P2S2Si/c1-18(2)31(49)45-36-44-30-24(33(51)46-36)42-17-48(30)35-27-26(60-65(6,7)37(3,4)5)21(57-35)14-55-61(52,63)58-25-20(13-54-62(53,64)59-27)56-34(22(25)38)47-16-41-23-28(39-15-40-29(23)47)43-32(50)19-11-9-8-10-12-19/h8-12,15-18,20-22,25-27,34-35H,13-14H2,1-7H3,(H,52,63)(H,53,64)(H,39,40,43,50)(H2,44,45,46,49,51)/t20-,21-,22-,25-,26-,27-,34-,35-,61?,62?/m1/s1. The van der Waals surface area contributed by atoms with Crippen LogP contribution in [0.3, 0.4) is 0 Å². The van der Waals surface area contributed by atoms with Gasteiger partial charge in [-0.3, -0.25) is 47.4 Å². The molecule has 10 atom stereocenters. The molecule has 3 aliphatic rings. The first-order chi connectivity index (χ1) is 30.5. The highest BCUT2D eigenvalue weighted by Gasteiger charge is 2.56. The van der Waals surface area contributed by atoms with Gasteiger partial charge in [0.15, 0.2) is 55.1 Å². The van der Waals surface area contributed by atoms with Gasteiger partial charge in [0.2, 0.25) is 11.9 Å². The summed E-state index contributed by atoms with van der Waals surface area (Å²) in [5.74, 6) is -1.46. The van der Waals surface area contributed by atoms with Crippen LogP contribution in [0.4, 0.5) is 16.2 Å². The molecule has 5 aromatic rings. The van der Waals surface area contributed by atoms with Gasteiger partial charge in [-0.05, 0) is 42.1 Å². The largest absolute Gasteiger partial charge is 0.408 e. The normalized spacial score (nSPS) is 30.1. The minimum atomic E-state index is -4.54. The lowest BCUT2D eigenvalue weighted by molar-refractivity contribution is -0.118. The molecule has 0 aliphatic carbocycles. The highest BCUT2D eigenvalue weighted by Crippen LogP contribution is 2.59. The highest BCUT2D eigenvalue weighted by molar-refractivity contribution is 8.44. The number of carbonyl (C=O) groups is 2. The SMILES string of the molecule is CC(C)C(=O)Nc1nc2c(ncn2[C@@H]2O[C@@H]3COP(O)(=S)O[C@H]4[C@@H](F)[C@H](n5cnc6c(NC(=O)c7ccccc7)ncnc65)O[C@@H]4COP(=O)(S)O[C@@H]2[C@@H]3O[Si](C)(C)C(C)(C)C)c(=O)[nH]1. The lowest BCUT2D eigenvalue weighted by Gasteiger charge is -2.40. The predicted molar refractivity (Wildman–Crippen MR) is 241 cm³/mol. The zero-order chi connectivity index (χ0) is 46.8. The summed E-state index contributed by atoms with van der Waals surface area (Å²) >= 11 is 9.81. The third kappa shape index (κ3) is 9.78. The van der Waals surface area contributed by atoms with Crippen molar-refractivity contribution in [1.82, 2.24) is 39.0 Å². The first-order valence-corrected chi connectivity index (χ1v) is 28.5. The van der Waals surface area contributed by atoms with Gasteiger partial charge >= 0.3 is 13.5 Å². The van der Waals surface area contributed by atoms with Gasteiger partial charge in [0.05, 0.1) is 25.9 Å². The lowest BCUT2D eigenvalue weighted by Crippen LogP contribution is -2.50. The third-order valence-electron chi connectivity index (χ3n) is 11.5. The highest BCUT2D eigenvalue weighted by atomic mass is 32.7. The van der Waals surface area contributed by atoms with Crippen LogP contribution in [0.5, 0.6) is 0 Å². The van der Waals surface area contributed by atoms with E-state index in [1.54, 1.807) is 44.2 Å². The van der Waals surface area contributed by atoms with Crippen LogP contribution in [0.15, 0.2) is 54.1 Å². The molecule has 7 heterocycles. The van der Waals surface area contributed by atoms with Crippen molar-refractivity contribution in [2.24, 2.45) is 5.92 Å². The van der Waals surface area contributed by atoms with E-state index < -0.39 is 107 Å². The number of nitrogens with one attached hydrogen (secondary N) is 3. The van der Waals surface area contributed by atoms with E-state index in [-0.39, 0.29) is 39.1 Å². The summed E-state index contributed by atoms with van der Waals surface area (Å²) < 4.78 is 77.3. The number of benzene rings is 1. The Morgan fingerprint density at radius 3 is 2.32 bits per heavy atom. The van der Waals surface area contributed by atoms with Crippen molar-refractivity contribution in [2.45, 2.75) is 102 Å². The number of rotatable bonds is 8. The summed E-state index contributed by atoms with van der Waals surface area (Å²) in [7, 11) is -2.77. The molecule has 3 saturated heterocycles. The number of halogens is 1. The van der Waals surface area contributed by atoms with E-state index in [0.717, 1.165) is 6.33 Å². The molecule has 2 bridgehead atoms. The van der Waals surface area contributed by atoms with Crippen molar-refractivity contribution >= 4 is 91.8 Å². The maximum absolute atomic E-state index is 16.8. The number of fused-ring (bicyclic) bond motifs is 5. The Balaban J connectivity index is 1.12. The molecular formula is C37H47FN10O12P2S2Si. The molecule has 3 fully saturated rings. The van der Waals surface area contributed by atoms with Gasteiger partial charge in [0.25, 0.3) is 11.5 Å². The molecule has 1 aromatic carbocycles. The number of imidazole rings is 2. The van der Waals surface area contributed by atoms with E-state index in [4.69, 9.17) is 43.8 Å². The zero-order valence-electron chi connectivity index (χ0n) is 35.9. The van der Waals surface area contributed by atoms with Gasteiger partial charge in [-0.25, -0.2) is 28.9 Å². The Labute approximate surface area is 381 Å². The number of anilines is 2. The van der Waals surface area contributed by atoms with Crippen LogP contribution >= 0.6 is 25.8 Å². The van der Waals surface area contributed by atoms with Gasteiger partial charge in [-0.1, -0.05) is 65.1 Å². The number of nitrogens with zero attached hydrogens (tertiary/aromatic N) is 7. The molecule has 350 valence electrons. The third-order valence-corrected chi connectivity index (χ3v) is 19.1. The van der Waals surface area contributed by atoms with Gasteiger partial charge in [-0.2, -0.15) is 4.98 Å². The molecule has 0 spiro atoms. The molecule has 2 unspecified atom stereocenters. The van der Waals surface area contributed by atoms with Gasteiger partial charge in [0, 0.05) is 11.5 Å². The van der Waals surface area contributed by atoms with Crippen LogP contribution in [-0.4, -0.2) is 114 Å². The van der Waals surface area contributed by atoms with Crippen molar-refractivity contribution < 1.29 is 55.4 Å². The second-order valence-corrected chi connectivity index (χ2v) is 27.8. The minimum Gasteiger partial charge on any atom is -0.408 e. The smallest absolute Gasteiger partial charge is 0.386 e. The van der Waals surface area contributed by atoms with Crippen molar-refractivity contribution in [2.75, 3.05) is 23.8 Å². The first kappa shape index (κ1) is 47.6. The maximum atomic E-state index is 16.8. The molecule has 28 heteroatoms. The van der Waals surface area contributed by atoms with E-state index >= 15 is 4.39 Å². The number of ether oxygens (including phenoxy) is 2. The molecule has 3 aliphatic heterocycles. The van der Waals surface area contributed by atoms with Crippen LogP contribution in [0.1, 0.15) is 57.4 Å². The molecule has 65 heavy (non-hydrogen) atoms. The van der Waals surface area contributed by atoms with Crippen molar-refractivity contribution in [3.8, 4) is 0 Å². The Morgan fingerprint density at radius 1 is 0.969 bits per heavy atom. The van der Waals surface area contributed by atoms with E-state index in [0.29, 0.717) is 5.56 Å². The first-order valence-electron chi connectivity index (χ1n) is 20.3. The van der Waals surface area contributed by atoms with E-state index in [1.165, 1.54) is 21.8 Å². The molecule has 2 amide bonds. The van der Waals surface area contributed by atoms with E-state index in [9.17, 15) is 23.8 Å². The summed E-state index contributed by atoms with van der Waals surface area (Å²) in [6.45, 7) is 3.11. The predicted octanol–water partition coefficient (Wildman–Crippen LogP) is 5.40. The average molecular weight is 997 g/mol. The number of alkyl halides is 1. The lowest BCUT2D eigenvalue weighted by atomic mass is 10.1. The van der Waals surface area contributed by atoms with Crippen LogP contribution in [0, 0.1) is 5.92 Å². The number of hydrogen-bond acceptors (Lipinski definition) is 17. The number of amides is 2. The fourth-order valence-electron chi connectivity index (χ4n) is 7.05. The van der Waals surface area contributed by atoms with E-state index in [2.05, 4.69) is 52.8 Å². The maximum Gasteiger partial charge on any atom is 0.386 e. The summed E-state index contributed by atoms with van der Waals surface area (Å²) in [4.78, 5) is 74.3. The number of hydrogen-bond donors (Lipinski definition) is 5. The Kier molecular flexibility index (Phi) is 13.2. The summed E-state index contributed by atoms with van der Waals surface area (Å²) in [5.41, 5.74) is -0.313. The number of H-pyrrole nitrogens is 1. The number of carbonyl (C=O) groups excluding carboxylic acids is 2. The minimum absolute atomic E-state index is 0.0427. The van der Waals surface area contributed by atoms with Crippen LogP contribution in [0.25, 0.3) is 22.3 Å². The molecule has 0 saturated carbocycles. The number of thiol groups is 1. The molecule has 8 rings (SSSR count). The van der Waals surface area contributed by atoms with Crippen molar-refractivity contribution in [1.29, 1.82) is 0 Å². The van der Waals surface area contributed by atoms with Crippen molar-refractivity contribution in [3.63, 3.8) is 0 Å². The molecule has 4 N–H and O–H groups in total. The van der Waals surface area contributed by atoms with Crippen molar-refractivity contribution in [3.05, 3.63) is 65.2 Å². The average Bonchev–Trinajstić information content (AvgIpc) is 4.00. The number of aromatic nitrogens is 8. The summed E-state index contributed by atoms with van der Waals surface area (Å²) in [5, 5.41) is 4.88. The van der Waals surface area contributed by atoms with Crippen LogP contribution in [0.2, 0.25) is 18.1 Å². The Hall–Kier alpha value is -3.88. The summed E-state index contributed by atoms with van der Waals surface area (Å²) in [6.07, 6.45) is -8.11. The Bertz CT molecular complexity index is 2780. The van der Waals surface area contributed by atoms with Gasteiger partial charge in [-0.15, -0.1) is 0 Å². The molecule has 0 radical (unpaired) electrons. The fourth-order valence-corrected chi connectivity index (χ4v) is 11.3.